The van der Waals surface area contributed by atoms with Crippen LogP contribution in [0.4, 0.5) is 0 Å². The van der Waals surface area contributed by atoms with Crippen molar-refractivity contribution in [1.82, 2.24) is 9.55 Å². The molecule has 0 aliphatic rings. The molecule has 2 nitrogen and oxygen atoms in total. The van der Waals surface area contributed by atoms with Gasteiger partial charge in [-0.2, -0.15) is 0 Å². The summed E-state index contributed by atoms with van der Waals surface area (Å²) in [6.07, 6.45) is 0. The van der Waals surface area contributed by atoms with E-state index in [4.69, 9.17) is 4.98 Å². The van der Waals surface area contributed by atoms with E-state index in [1.54, 1.807) is 0 Å². The lowest BCUT2D eigenvalue weighted by Crippen LogP contribution is -2.11. The Morgan fingerprint density at radius 3 is 2.19 bits per heavy atom. The van der Waals surface area contributed by atoms with Crippen LogP contribution in [0.1, 0.15) is 31.9 Å². The van der Waals surface area contributed by atoms with Crippen LogP contribution in [-0.4, -0.2) is 9.55 Å². The van der Waals surface area contributed by atoms with Gasteiger partial charge >= 0.3 is 0 Å². The van der Waals surface area contributed by atoms with Crippen LogP contribution in [0.5, 0.6) is 0 Å². The van der Waals surface area contributed by atoms with Crippen molar-refractivity contribution in [3.63, 3.8) is 0 Å². The van der Waals surface area contributed by atoms with E-state index >= 15 is 0 Å². The van der Waals surface area contributed by atoms with E-state index in [1.807, 2.05) is 6.07 Å². The third kappa shape index (κ3) is 3.70. The minimum absolute atomic E-state index is 0.169. The molecule has 0 amide bonds. The number of rotatable bonds is 3. The Kier molecular flexibility index (Phi) is 4.65. The molecular weight excluding hydrogens is 396 g/mol. The van der Waals surface area contributed by atoms with Crippen LogP contribution >= 0.6 is 15.9 Å². The van der Waals surface area contributed by atoms with E-state index in [2.05, 4.69) is 108 Å². The topological polar surface area (TPSA) is 17.8 Å². The molecule has 4 aromatic rings. The van der Waals surface area contributed by atoms with Crippen molar-refractivity contribution in [2.75, 3.05) is 0 Å². The first-order valence-electron chi connectivity index (χ1n) is 9.22. The van der Waals surface area contributed by atoms with Crippen molar-refractivity contribution in [3.8, 4) is 11.4 Å². The van der Waals surface area contributed by atoms with Crippen LogP contribution in [0.2, 0.25) is 0 Å². The van der Waals surface area contributed by atoms with Crippen molar-refractivity contribution in [2.45, 2.75) is 32.7 Å². The van der Waals surface area contributed by atoms with Gasteiger partial charge in [-0.25, -0.2) is 4.98 Å². The molecule has 0 atom stereocenters. The highest BCUT2D eigenvalue weighted by atomic mass is 79.9. The number of fused-ring (bicyclic) bond motifs is 1. The minimum atomic E-state index is 0.169. The summed E-state index contributed by atoms with van der Waals surface area (Å²) in [4.78, 5) is 4.91. The van der Waals surface area contributed by atoms with E-state index in [0.717, 1.165) is 33.4 Å². The van der Waals surface area contributed by atoms with Crippen LogP contribution in [0.25, 0.3) is 22.4 Å². The molecule has 1 aromatic heterocycles. The number of benzene rings is 3. The Morgan fingerprint density at radius 2 is 1.52 bits per heavy atom. The van der Waals surface area contributed by atoms with Crippen molar-refractivity contribution in [3.05, 3.63) is 88.4 Å². The Hall–Kier alpha value is -2.39. The Bertz CT molecular complexity index is 1070. The molecule has 4 rings (SSSR count). The van der Waals surface area contributed by atoms with Crippen LogP contribution < -0.4 is 0 Å². The molecule has 0 N–H and O–H groups in total. The van der Waals surface area contributed by atoms with Gasteiger partial charge in [-0.1, -0.05) is 85.2 Å². The molecule has 0 fully saturated rings. The molecule has 3 heteroatoms. The van der Waals surface area contributed by atoms with Gasteiger partial charge in [0.2, 0.25) is 0 Å². The molecular formula is C24H23BrN2. The molecule has 0 spiro atoms. The Labute approximate surface area is 169 Å². The van der Waals surface area contributed by atoms with Crippen LogP contribution in [0, 0.1) is 0 Å². The second-order valence-electron chi connectivity index (χ2n) is 7.96. The van der Waals surface area contributed by atoms with E-state index in [9.17, 15) is 0 Å². The number of aromatic nitrogens is 2. The predicted octanol–water partition coefficient (Wildman–Crippen LogP) is 6.81. The summed E-state index contributed by atoms with van der Waals surface area (Å²) in [6, 6.07) is 25.7. The zero-order valence-corrected chi connectivity index (χ0v) is 17.5. The summed E-state index contributed by atoms with van der Waals surface area (Å²) >= 11 is 3.52. The summed E-state index contributed by atoms with van der Waals surface area (Å²) in [5.74, 6) is 1.00. The first kappa shape index (κ1) is 18.0. The van der Waals surface area contributed by atoms with E-state index in [-0.39, 0.29) is 5.41 Å². The van der Waals surface area contributed by atoms with Gasteiger partial charge in [0.15, 0.2) is 0 Å². The lowest BCUT2D eigenvalue weighted by molar-refractivity contribution is 0.590. The molecule has 136 valence electrons. The van der Waals surface area contributed by atoms with Gasteiger partial charge in [-0.15, -0.1) is 0 Å². The average molecular weight is 419 g/mol. The molecule has 27 heavy (non-hydrogen) atoms. The van der Waals surface area contributed by atoms with Gasteiger partial charge in [-0.05, 0) is 40.8 Å². The molecule has 0 aliphatic heterocycles. The highest BCUT2D eigenvalue weighted by Crippen LogP contribution is 2.28. The zero-order valence-electron chi connectivity index (χ0n) is 15.9. The summed E-state index contributed by atoms with van der Waals surface area (Å²) in [7, 11) is 0. The predicted molar refractivity (Wildman–Crippen MR) is 117 cm³/mol. The molecule has 0 unspecified atom stereocenters. The normalized spacial score (nSPS) is 11.9. The second-order valence-corrected chi connectivity index (χ2v) is 8.88. The summed E-state index contributed by atoms with van der Waals surface area (Å²) in [6.45, 7) is 7.54. The fraction of sp³-hybridized carbons (Fsp3) is 0.208. The Balaban J connectivity index is 1.78. The molecule has 0 saturated heterocycles. The van der Waals surface area contributed by atoms with Gasteiger partial charge in [0.1, 0.15) is 5.82 Å². The molecule has 0 bridgehead atoms. The largest absolute Gasteiger partial charge is 0.319 e. The quantitative estimate of drug-likeness (QED) is 0.357. The third-order valence-corrected chi connectivity index (χ3v) is 5.45. The fourth-order valence-electron chi connectivity index (χ4n) is 3.35. The van der Waals surface area contributed by atoms with E-state index < -0.39 is 0 Å². The van der Waals surface area contributed by atoms with Gasteiger partial charge in [-0.3, -0.25) is 0 Å². The van der Waals surface area contributed by atoms with Crippen molar-refractivity contribution in [2.24, 2.45) is 0 Å². The summed E-state index contributed by atoms with van der Waals surface area (Å²) < 4.78 is 3.39. The molecule has 0 aliphatic carbocycles. The maximum Gasteiger partial charge on any atom is 0.141 e. The highest BCUT2D eigenvalue weighted by molar-refractivity contribution is 9.10. The number of nitrogens with zero attached hydrogens (tertiary/aromatic N) is 2. The van der Waals surface area contributed by atoms with Gasteiger partial charge in [0, 0.05) is 16.6 Å². The van der Waals surface area contributed by atoms with Crippen molar-refractivity contribution >= 4 is 27.0 Å². The number of hydrogen-bond acceptors (Lipinski definition) is 1. The van der Waals surface area contributed by atoms with E-state index in [1.165, 1.54) is 11.1 Å². The SMILES string of the molecule is CC(C)(C)c1ccc(Cn2c(-c3ccc(Br)cc3)nc3ccccc32)cc1. The molecule has 0 radical (unpaired) electrons. The smallest absolute Gasteiger partial charge is 0.141 e. The first-order valence-corrected chi connectivity index (χ1v) is 10.0. The number of para-hydroxylation sites is 2. The number of imidazole rings is 1. The fourth-order valence-corrected chi connectivity index (χ4v) is 3.61. The van der Waals surface area contributed by atoms with Gasteiger partial charge in [0.05, 0.1) is 11.0 Å². The number of hydrogen-bond donors (Lipinski definition) is 0. The lowest BCUT2D eigenvalue weighted by Gasteiger charge is -2.19. The van der Waals surface area contributed by atoms with Gasteiger partial charge < -0.3 is 4.57 Å². The first-order chi connectivity index (χ1) is 12.9. The molecule has 3 aromatic carbocycles. The maximum atomic E-state index is 4.91. The maximum absolute atomic E-state index is 4.91. The minimum Gasteiger partial charge on any atom is -0.319 e. The lowest BCUT2D eigenvalue weighted by atomic mass is 9.87. The Morgan fingerprint density at radius 1 is 0.852 bits per heavy atom. The molecule has 1 heterocycles. The third-order valence-electron chi connectivity index (χ3n) is 4.92. The van der Waals surface area contributed by atoms with Crippen molar-refractivity contribution in [1.29, 1.82) is 0 Å². The molecule has 0 saturated carbocycles. The number of halogens is 1. The average Bonchev–Trinajstić information content (AvgIpc) is 3.01. The van der Waals surface area contributed by atoms with Crippen LogP contribution in [0.15, 0.2) is 77.3 Å². The van der Waals surface area contributed by atoms with E-state index in [0.29, 0.717) is 0 Å². The highest BCUT2D eigenvalue weighted by Gasteiger charge is 2.15. The van der Waals surface area contributed by atoms with Crippen LogP contribution in [0.3, 0.4) is 0 Å². The van der Waals surface area contributed by atoms with Crippen LogP contribution in [-0.2, 0) is 12.0 Å². The monoisotopic (exact) mass is 418 g/mol. The van der Waals surface area contributed by atoms with Crippen molar-refractivity contribution < 1.29 is 0 Å². The summed E-state index contributed by atoms with van der Waals surface area (Å²) in [5.41, 5.74) is 6.13. The standard InChI is InChI=1S/C24H23BrN2/c1-24(2,3)19-12-8-17(9-13-19)16-27-22-7-5-4-6-21(22)26-23(27)18-10-14-20(25)15-11-18/h4-15H,16H2,1-3H3. The summed E-state index contributed by atoms with van der Waals surface area (Å²) in [5, 5.41) is 0. The zero-order chi connectivity index (χ0) is 19.0. The second kappa shape index (κ2) is 6.97. The van der Waals surface area contributed by atoms with Gasteiger partial charge in [0.25, 0.3) is 0 Å².